The molecule has 3 saturated carbocycles. The average Bonchev–Trinajstić information content (AvgIpc) is 2.03. The minimum absolute atomic E-state index is 0.281. The Hall–Kier alpha value is -0.140. The molecule has 0 nitrogen and oxygen atoms in total. The number of halogens is 2. The van der Waals surface area contributed by atoms with Crippen LogP contribution in [0.15, 0.2) is 0 Å². The van der Waals surface area contributed by atoms with Gasteiger partial charge in [0.15, 0.2) is 0 Å². The van der Waals surface area contributed by atoms with Crippen molar-refractivity contribution in [1.29, 1.82) is 0 Å². The summed E-state index contributed by atoms with van der Waals surface area (Å²) in [5.41, 5.74) is 0. The Kier molecular flexibility index (Phi) is 1.71. The first-order chi connectivity index (χ1) is 5.55. The lowest BCUT2D eigenvalue weighted by atomic mass is 9.51. The Morgan fingerprint density at radius 3 is 1.92 bits per heavy atom. The minimum Gasteiger partial charge on any atom is -0.206 e. The second kappa shape index (κ2) is 2.43. The molecule has 3 rings (SSSR count). The zero-order valence-corrected chi connectivity index (χ0v) is 7.69. The summed E-state index contributed by atoms with van der Waals surface area (Å²) in [6.45, 7) is 4.15. The van der Waals surface area contributed by atoms with Gasteiger partial charge in [-0.25, -0.2) is 8.78 Å². The normalized spacial score (nSPS) is 44.2. The van der Waals surface area contributed by atoms with E-state index in [0.29, 0.717) is 11.8 Å². The molecule has 3 aliphatic rings. The lowest BCUT2D eigenvalue weighted by molar-refractivity contribution is -0.264. The van der Waals surface area contributed by atoms with Gasteiger partial charge in [0.25, 0.3) is 5.92 Å². The van der Waals surface area contributed by atoms with Crippen molar-refractivity contribution in [3.8, 4) is 0 Å². The molecule has 2 heteroatoms. The smallest absolute Gasteiger partial charge is 0.206 e. The van der Waals surface area contributed by atoms with Gasteiger partial charge in [-0.2, -0.15) is 0 Å². The largest absolute Gasteiger partial charge is 0.254 e. The van der Waals surface area contributed by atoms with Crippen molar-refractivity contribution < 1.29 is 8.78 Å². The predicted octanol–water partition coefficient (Wildman–Crippen LogP) is 3.32. The first kappa shape index (κ1) is 8.46. The second-order valence-corrected chi connectivity index (χ2v) is 4.64. The molecule has 2 unspecified atom stereocenters. The summed E-state index contributed by atoms with van der Waals surface area (Å²) >= 11 is 0. The zero-order valence-electron chi connectivity index (χ0n) is 7.69. The summed E-state index contributed by atoms with van der Waals surface area (Å²) in [6.07, 6.45) is 2.53. The van der Waals surface area contributed by atoms with Crippen molar-refractivity contribution in [1.82, 2.24) is 0 Å². The van der Waals surface area contributed by atoms with Crippen molar-refractivity contribution in [3.63, 3.8) is 0 Å². The fourth-order valence-electron chi connectivity index (χ4n) is 3.21. The van der Waals surface area contributed by atoms with Gasteiger partial charge in [-0.3, -0.25) is 0 Å². The van der Waals surface area contributed by atoms with Gasteiger partial charge in [0.2, 0.25) is 0 Å². The van der Waals surface area contributed by atoms with Gasteiger partial charge in [0.1, 0.15) is 0 Å². The van der Waals surface area contributed by atoms with Crippen LogP contribution in [0.1, 0.15) is 33.1 Å². The predicted molar refractivity (Wildman–Crippen MR) is 44.1 cm³/mol. The average molecular weight is 174 g/mol. The molecule has 0 saturated heterocycles. The molecular weight excluding hydrogens is 158 g/mol. The van der Waals surface area contributed by atoms with Crippen molar-refractivity contribution >= 4 is 0 Å². The summed E-state index contributed by atoms with van der Waals surface area (Å²) in [5, 5.41) is 0. The Morgan fingerprint density at radius 2 is 1.67 bits per heavy atom. The van der Waals surface area contributed by atoms with Crippen LogP contribution in [-0.4, -0.2) is 5.92 Å². The summed E-state index contributed by atoms with van der Waals surface area (Å²) in [6, 6.07) is 0. The lowest BCUT2D eigenvalue weighted by Crippen LogP contribution is -2.61. The van der Waals surface area contributed by atoms with Crippen LogP contribution in [0.4, 0.5) is 8.78 Å². The minimum atomic E-state index is -2.31. The number of alkyl halides is 2. The van der Waals surface area contributed by atoms with Crippen LogP contribution in [0.25, 0.3) is 0 Å². The summed E-state index contributed by atoms with van der Waals surface area (Å²) in [5.74, 6) is -2.12. The van der Waals surface area contributed by atoms with Crippen molar-refractivity contribution in [2.24, 2.45) is 23.7 Å². The highest BCUT2D eigenvalue weighted by atomic mass is 19.3. The molecule has 2 bridgehead atoms. The molecule has 12 heavy (non-hydrogen) atoms. The molecule has 0 aromatic heterocycles. The van der Waals surface area contributed by atoms with Gasteiger partial charge < -0.3 is 0 Å². The molecule has 70 valence electrons. The number of rotatable bonds is 1. The molecule has 0 aliphatic heterocycles. The first-order valence-corrected chi connectivity index (χ1v) is 4.93. The van der Waals surface area contributed by atoms with Crippen LogP contribution in [0.2, 0.25) is 0 Å². The van der Waals surface area contributed by atoms with E-state index in [-0.39, 0.29) is 11.8 Å². The van der Waals surface area contributed by atoms with Crippen LogP contribution in [0.5, 0.6) is 0 Å². The summed E-state index contributed by atoms with van der Waals surface area (Å²) < 4.78 is 26.5. The van der Waals surface area contributed by atoms with Crippen molar-refractivity contribution in [3.05, 3.63) is 0 Å². The van der Waals surface area contributed by atoms with Gasteiger partial charge in [-0.05, 0) is 24.7 Å². The van der Waals surface area contributed by atoms with Gasteiger partial charge in [0.05, 0.1) is 0 Å². The highest BCUT2D eigenvalue weighted by Gasteiger charge is 2.65. The Balaban J connectivity index is 2.14. The van der Waals surface area contributed by atoms with Crippen molar-refractivity contribution in [2.45, 2.75) is 39.0 Å². The van der Waals surface area contributed by atoms with E-state index in [1.54, 1.807) is 0 Å². The Morgan fingerprint density at radius 1 is 1.17 bits per heavy atom. The summed E-state index contributed by atoms with van der Waals surface area (Å²) in [4.78, 5) is 0. The number of hydrogen-bond acceptors (Lipinski definition) is 0. The van der Waals surface area contributed by atoms with Gasteiger partial charge in [-0.15, -0.1) is 0 Å². The third-order valence-electron chi connectivity index (χ3n) is 3.72. The monoisotopic (exact) mass is 174 g/mol. The van der Waals surface area contributed by atoms with E-state index >= 15 is 0 Å². The zero-order chi connectivity index (χ0) is 8.93. The Labute approximate surface area is 72.3 Å². The third-order valence-corrected chi connectivity index (χ3v) is 3.72. The molecule has 3 aliphatic carbocycles. The first-order valence-electron chi connectivity index (χ1n) is 4.93. The molecule has 0 spiro atoms. The van der Waals surface area contributed by atoms with Gasteiger partial charge >= 0.3 is 0 Å². The molecular formula is C10H16F2. The fraction of sp³-hybridized carbons (Fsp3) is 1.00. The van der Waals surface area contributed by atoms with E-state index in [1.165, 1.54) is 0 Å². The lowest BCUT2D eigenvalue weighted by Gasteiger charge is -2.57. The fourth-order valence-corrected chi connectivity index (χ4v) is 3.21. The van der Waals surface area contributed by atoms with E-state index in [1.807, 2.05) is 0 Å². The topological polar surface area (TPSA) is 0 Å². The molecule has 0 radical (unpaired) electrons. The third kappa shape index (κ3) is 0.868. The number of hydrogen-bond donors (Lipinski definition) is 0. The SMILES string of the molecule is CC(C)C1C2CCCC1C2(F)F. The van der Waals surface area contributed by atoms with E-state index < -0.39 is 5.92 Å². The summed E-state index contributed by atoms with van der Waals surface area (Å²) in [7, 11) is 0. The van der Waals surface area contributed by atoms with Crippen molar-refractivity contribution in [2.75, 3.05) is 0 Å². The van der Waals surface area contributed by atoms with Crippen LogP contribution in [0.3, 0.4) is 0 Å². The molecule has 3 fully saturated rings. The molecule has 0 N–H and O–H groups in total. The van der Waals surface area contributed by atoms with E-state index in [4.69, 9.17) is 0 Å². The molecule has 2 atom stereocenters. The maximum absolute atomic E-state index is 13.3. The second-order valence-electron chi connectivity index (χ2n) is 4.64. The maximum Gasteiger partial charge on any atom is 0.254 e. The Bertz CT molecular complexity index is 172. The molecule has 0 aromatic rings. The van der Waals surface area contributed by atoms with E-state index in [2.05, 4.69) is 13.8 Å². The van der Waals surface area contributed by atoms with Crippen LogP contribution < -0.4 is 0 Å². The highest BCUT2D eigenvalue weighted by Crippen LogP contribution is 2.62. The highest BCUT2D eigenvalue weighted by molar-refractivity contribution is 5.06. The van der Waals surface area contributed by atoms with Gasteiger partial charge in [0, 0.05) is 11.8 Å². The van der Waals surface area contributed by atoms with E-state index in [9.17, 15) is 8.78 Å². The quantitative estimate of drug-likeness (QED) is 0.572. The van der Waals surface area contributed by atoms with Crippen LogP contribution >= 0.6 is 0 Å². The molecule has 0 aromatic carbocycles. The maximum atomic E-state index is 13.3. The van der Waals surface area contributed by atoms with E-state index in [0.717, 1.165) is 19.3 Å². The molecule has 0 amide bonds. The standard InChI is InChI=1S/C10H16F2/c1-6(2)9-7-4-3-5-8(9)10(7,11)12/h6-9H,3-5H2,1-2H3. The molecule has 0 heterocycles. The van der Waals surface area contributed by atoms with Crippen LogP contribution in [0, 0.1) is 23.7 Å². The van der Waals surface area contributed by atoms with Gasteiger partial charge in [-0.1, -0.05) is 20.3 Å². The van der Waals surface area contributed by atoms with Crippen LogP contribution in [-0.2, 0) is 0 Å². The number of fused-ring (bicyclic) bond motifs is 2.